The van der Waals surface area contributed by atoms with Crippen LogP contribution in [0.3, 0.4) is 0 Å². The van der Waals surface area contributed by atoms with Gasteiger partial charge in [-0.1, -0.05) is 12.5 Å². The van der Waals surface area contributed by atoms with E-state index in [0.717, 1.165) is 44.5 Å². The van der Waals surface area contributed by atoms with Crippen molar-refractivity contribution in [2.75, 3.05) is 11.4 Å². The molecule has 0 spiro atoms. The summed E-state index contributed by atoms with van der Waals surface area (Å²) in [6, 6.07) is 5.42. The summed E-state index contributed by atoms with van der Waals surface area (Å²) >= 11 is 0. The van der Waals surface area contributed by atoms with Gasteiger partial charge in [0.2, 0.25) is 0 Å². The highest BCUT2D eigenvalue weighted by molar-refractivity contribution is 5.85. The second-order valence-electron chi connectivity index (χ2n) is 5.75. The summed E-state index contributed by atoms with van der Waals surface area (Å²) in [4.78, 5) is 17.5. The van der Waals surface area contributed by atoms with Crippen LogP contribution in [0.5, 0.6) is 0 Å². The fourth-order valence-corrected chi connectivity index (χ4v) is 3.64. The fourth-order valence-electron chi connectivity index (χ4n) is 3.64. The summed E-state index contributed by atoms with van der Waals surface area (Å²) in [5, 5.41) is 19.2. The quantitative estimate of drug-likeness (QED) is 0.882. The molecule has 1 aromatic rings. The standard InChI is InChI=1S/C15H20N2O3/c18-13-7-1-4-10(13)12-6-3-9-17(12)14-8-2-5-11(16-14)15(19)20/h2,5,8,10,12-13,18H,1,3-4,6-7,9H2,(H,19,20). The Morgan fingerprint density at radius 3 is 2.80 bits per heavy atom. The number of aliphatic hydroxyl groups is 1. The second kappa shape index (κ2) is 5.40. The summed E-state index contributed by atoms with van der Waals surface area (Å²) in [6.07, 6.45) is 4.94. The molecule has 1 aliphatic carbocycles. The van der Waals surface area contributed by atoms with Crippen LogP contribution in [-0.2, 0) is 0 Å². The number of aromatic carboxylic acids is 1. The number of carboxylic acids is 1. The van der Waals surface area contributed by atoms with Gasteiger partial charge in [-0.05, 0) is 37.8 Å². The van der Waals surface area contributed by atoms with E-state index < -0.39 is 5.97 Å². The fraction of sp³-hybridized carbons (Fsp3) is 0.600. The number of aromatic nitrogens is 1. The third-order valence-electron chi connectivity index (χ3n) is 4.57. The Bertz CT molecular complexity index is 506. The lowest BCUT2D eigenvalue weighted by Crippen LogP contribution is -2.39. The van der Waals surface area contributed by atoms with Gasteiger partial charge in [0.05, 0.1) is 6.10 Å². The predicted octanol–water partition coefficient (Wildman–Crippen LogP) is 1.91. The van der Waals surface area contributed by atoms with Gasteiger partial charge < -0.3 is 15.1 Å². The van der Waals surface area contributed by atoms with Crippen molar-refractivity contribution in [1.29, 1.82) is 0 Å². The third-order valence-corrected chi connectivity index (χ3v) is 4.57. The van der Waals surface area contributed by atoms with Crippen LogP contribution in [0.25, 0.3) is 0 Å². The van der Waals surface area contributed by atoms with E-state index in [1.165, 1.54) is 6.07 Å². The van der Waals surface area contributed by atoms with Gasteiger partial charge in [-0.3, -0.25) is 0 Å². The number of anilines is 1. The summed E-state index contributed by atoms with van der Waals surface area (Å²) in [7, 11) is 0. The van der Waals surface area contributed by atoms with E-state index in [2.05, 4.69) is 9.88 Å². The highest BCUT2D eigenvalue weighted by atomic mass is 16.4. The van der Waals surface area contributed by atoms with Gasteiger partial charge >= 0.3 is 5.97 Å². The number of pyridine rings is 1. The van der Waals surface area contributed by atoms with Gasteiger partial charge in [-0.2, -0.15) is 0 Å². The van der Waals surface area contributed by atoms with Crippen molar-refractivity contribution >= 4 is 11.8 Å². The maximum Gasteiger partial charge on any atom is 0.354 e. The molecule has 1 aliphatic heterocycles. The van der Waals surface area contributed by atoms with Crippen LogP contribution < -0.4 is 4.90 Å². The molecule has 3 atom stereocenters. The number of nitrogens with zero attached hydrogens (tertiary/aromatic N) is 2. The van der Waals surface area contributed by atoms with E-state index in [1.54, 1.807) is 6.07 Å². The molecule has 3 rings (SSSR count). The highest BCUT2D eigenvalue weighted by Gasteiger charge is 2.38. The van der Waals surface area contributed by atoms with Crippen LogP contribution in [0.4, 0.5) is 5.82 Å². The smallest absolute Gasteiger partial charge is 0.354 e. The Morgan fingerprint density at radius 2 is 2.10 bits per heavy atom. The Kier molecular flexibility index (Phi) is 3.61. The maximum absolute atomic E-state index is 11.0. The minimum absolute atomic E-state index is 0.0834. The first-order valence-corrected chi connectivity index (χ1v) is 7.32. The molecule has 0 radical (unpaired) electrons. The molecule has 1 aromatic heterocycles. The Morgan fingerprint density at radius 1 is 1.25 bits per heavy atom. The van der Waals surface area contributed by atoms with E-state index in [-0.39, 0.29) is 11.8 Å². The Balaban J connectivity index is 1.84. The van der Waals surface area contributed by atoms with Crippen molar-refractivity contribution in [2.24, 2.45) is 5.92 Å². The molecule has 0 amide bonds. The lowest BCUT2D eigenvalue weighted by atomic mass is 9.94. The van der Waals surface area contributed by atoms with Crippen molar-refractivity contribution < 1.29 is 15.0 Å². The second-order valence-corrected chi connectivity index (χ2v) is 5.75. The Labute approximate surface area is 118 Å². The number of aliphatic hydroxyl groups excluding tert-OH is 1. The number of hydrogen-bond acceptors (Lipinski definition) is 4. The lowest BCUT2D eigenvalue weighted by Gasteiger charge is -2.32. The normalized spacial score (nSPS) is 29.9. The summed E-state index contributed by atoms with van der Waals surface area (Å²) in [5.41, 5.74) is 0.0834. The molecule has 2 heterocycles. The molecule has 2 N–H and O–H groups in total. The van der Waals surface area contributed by atoms with Crippen molar-refractivity contribution in [3.63, 3.8) is 0 Å². The molecule has 0 bridgehead atoms. The van der Waals surface area contributed by atoms with Crippen LogP contribution in [-0.4, -0.2) is 39.9 Å². The van der Waals surface area contributed by atoms with Gasteiger partial charge in [0.25, 0.3) is 0 Å². The zero-order valence-corrected chi connectivity index (χ0v) is 11.4. The summed E-state index contributed by atoms with van der Waals surface area (Å²) < 4.78 is 0. The molecule has 20 heavy (non-hydrogen) atoms. The van der Waals surface area contributed by atoms with Crippen LogP contribution in [0.1, 0.15) is 42.6 Å². The van der Waals surface area contributed by atoms with E-state index in [4.69, 9.17) is 5.11 Å². The summed E-state index contributed by atoms with van der Waals surface area (Å²) in [6.45, 7) is 0.893. The minimum Gasteiger partial charge on any atom is -0.477 e. The molecule has 2 aliphatic rings. The average molecular weight is 276 g/mol. The van der Waals surface area contributed by atoms with E-state index in [0.29, 0.717) is 12.0 Å². The zero-order chi connectivity index (χ0) is 14.1. The number of hydrogen-bond donors (Lipinski definition) is 2. The van der Waals surface area contributed by atoms with Crippen LogP contribution in [0.2, 0.25) is 0 Å². The first-order valence-electron chi connectivity index (χ1n) is 7.32. The van der Waals surface area contributed by atoms with E-state index in [1.807, 2.05) is 6.07 Å². The number of carboxylic acid groups (broad SMARTS) is 1. The maximum atomic E-state index is 11.0. The molecule has 3 unspecified atom stereocenters. The number of carbonyl (C=O) groups is 1. The molecule has 0 aromatic carbocycles. The minimum atomic E-state index is -0.997. The third kappa shape index (κ3) is 2.38. The van der Waals surface area contributed by atoms with Gasteiger partial charge in [0, 0.05) is 18.5 Å². The Hall–Kier alpha value is -1.62. The van der Waals surface area contributed by atoms with Gasteiger partial charge in [-0.15, -0.1) is 0 Å². The van der Waals surface area contributed by atoms with E-state index in [9.17, 15) is 9.90 Å². The predicted molar refractivity (Wildman–Crippen MR) is 74.9 cm³/mol. The SMILES string of the molecule is O=C(O)c1cccc(N2CCCC2C2CCCC2O)n1. The van der Waals surface area contributed by atoms with Crippen LogP contribution in [0, 0.1) is 5.92 Å². The average Bonchev–Trinajstić information content (AvgIpc) is 3.06. The molecule has 1 saturated heterocycles. The molecular weight excluding hydrogens is 256 g/mol. The van der Waals surface area contributed by atoms with Crippen molar-refractivity contribution in [2.45, 2.75) is 44.2 Å². The molecule has 108 valence electrons. The molecule has 2 fully saturated rings. The summed E-state index contributed by atoms with van der Waals surface area (Å²) in [5.74, 6) is 0.0304. The van der Waals surface area contributed by atoms with Crippen LogP contribution >= 0.6 is 0 Å². The first kappa shape index (κ1) is 13.4. The molecular formula is C15H20N2O3. The van der Waals surface area contributed by atoms with Crippen molar-refractivity contribution in [1.82, 2.24) is 4.98 Å². The topological polar surface area (TPSA) is 73.7 Å². The van der Waals surface area contributed by atoms with Gasteiger partial charge in [-0.25, -0.2) is 9.78 Å². The van der Waals surface area contributed by atoms with Crippen LogP contribution in [0.15, 0.2) is 18.2 Å². The number of rotatable bonds is 3. The van der Waals surface area contributed by atoms with Gasteiger partial charge in [0.1, 0.15) is 5.82 Å². The zero-order valence-electron chi connectivity index (χ0n) is 11.4. The highest BCUT2D eigenvalue weighted by Crippen LogP contribution is 2.37. The molecule has 5 heteroatoms. The molecule has 5 nitrogen and oxygen atoms in total. The monoisotopic (exact) mass is 276 g/mol. The van der Waals surface area contributed by atoms with Gasteiger partial charge in [0.15, 0.2) is 5.69 Å². The van der Waals surface area contributed by atoms with Crippen molar-refractivity contribution in [3.05, 3.63) is 23.9 Å². The lowest BCUT2D eigenvalue weighted by molar-refractivity contribution is 0.0690. The van der Waals surface area contributed by atoms with E-state index >= 15 is 0 Å². The van der Waals surface area contributed by atoms with Crippen molar-refractivity contribution in [3.8, 4) is 0 Å². The largest absolute Gasteiger partial charge is 0.477 e. The first-order chi connectivity index (χ1) is 9.66. The molecule has 1 saturated carbocycles.